The first-order valence-corrected chi connectivity index (χ1v) is 9.08. The third-order valence-corrected chi connectivity index (χ3v) is 4.58. The Morgan fingerprint density at radius 1 is 1.11 bits per heavy atom. The topological polar surface area (TPSA) is 9.23 Å². The van der Waals surface area contributed by atoms with Gasteiger partial charge < -0.3 is 4.74 Å². The second kappa shape index (κ2) is 5.18. The molecule has 0 aliphatic carbocycles. The first-order valence-electron chi connectivity index (χ1n) is 5.58. The molecule has 0 saturated carbocycles. The largest absolute Gasteiger partial charge is 0.497 e. The Morgan fingerprint density at radius 3 is 1.94 bits per heavy atom. The zero-order valence-corrected chi connectivity index (χ0v) is 11.9. The number of alkyl halides is 3. The number of benzene rings is 1. The summed E-state index contributed by atoms with van der Waals surface area (Å²) in [5, 5.41) is -0.403. The van der Waals surface area contributed by atoms with Gasteiger partial charge in [-0.3, -0.25) is 0 Å². The first kappa shape index (κ1) is 14.8. The van der Waals surface area contributed by atoms with Crippen LogP contribution in [0.1, 0.15) is 5.56 Å². The van der Waals surface area contributed by atoms with Crippen LogP contribution in [-0.2, 0) is 0 Å². The second-order valence-electron chi connectivity index (χ2n) is 5.08. The van der Waals surface area contributed by atoms with Crippen LogP contribution in [-0.4, -0.2) is 21.4 Å². The summed E-state index contributed by atoms with van der Waals surface area (Å²) in [6.45, 7) is 5.07. The third-order valence-electron chi connectivity index (χ3n) is 2.54. The van der Waals surface area contributed by atoms with Crippen LogP contribution in [0.3, 0.4) is 0 Å². The van der Waals surface area contributed by atoms with E-state index in [1.54, 1.807) is 43.9 Å². The zero-order valence-electron chi connectivity index (χ0n) is 10.9. The third kappa shape index (κ3) is 3.91. The molecule has 18 heavy (non-hydrogen) atoms. The van der Waals surface area contributed by atoms with E-state index in [4.69, 9.17) is 4.74 Å². The lowest BCUT2D eigenvalue weighted by atomic mass is 10.2. The number of allylic oxidation sites excluding steroid dienone is 1. The van der Waals surface area contributed by atoms with Crippen LogP contribution < -0.4 is 4.74 Å². The molecular formula is C13H17F3OSi. The van der Waals surface area contributed by atoms with E-state index in [-0.39, 0.29) is 0 Å². The van der Waals surface area contributed by atoms with E-state index in [0.717, 1.165) is 0 Å². The molecule has 0 fully saturated rings. The highest BCUT2D eigenvalue weighted by atomic mass is 28.3. The second-order valence-corrected chi connectivity index (χ2v) is 10.1. The van der Waals surface area contributed by atoms with E-state index < -0.39 is 19.4 Å². The number of ether oxygens (including phenoxy) is 1. The van der Waals surface area contributed by atoms with Crippen molar-refractivity contribution in [2.45, 2.75) is 25.8 Å². The summed E-state index contributed by atoms with van der Waals surface area (Å²) in [5.74, 6) is 0.633. The minimum absolute atomic E-state index is 0.403. The Hall–Kier alpha value is -1.23. The van der Waals surface area contributed by atoms with Crippen LogP contribution in [0.5, 0.6) is 5.75 Å². The summed E-state index contributed by atoms with van der Waals surface area (Å²) in [4.78, 5) is 0. The Balaban J connectivity index is 3.16. The fraction of sp³-hybridized carbons (Fsp3) is 0.385. The van der Waals surface area contributed by atoms with E-state index in [1.165, 1.54) is 13.2 Å². The number of rotatable bonds is 3. The van der Waals surface area contributed by atoms with Crippen LogP contribution in [0.25, 0.3) is 6.08 Å². The number of hydrogen-bond donors (Lipinski definition) is 0. The van der Waals surface area contributed by atoms with Gasteiger partial charge in [0.2, 0.25) is 0 Å². The summed E-state index contributed by atoms with van der Waals surface area (Å²) in [7, 11) is -0.900. The summed E-state index contributed by atoms with van der Waals surface area (Å²) in [6.07, 6.45) is -3.02. The van der Waals surface area contributed by atoms with E-state index in [1.807, 2.05) is 0 Å². The fourth-order valence-electron chi connectivity index (χ4n) is 1.59. The van der Waals surface area contributed by atoms with Gasteiger partial charge in [-0.25, -0.2) is 0 Å². The molecule has 100 valence electrons. The maximum Gasteiger partial charge on any atom is 0.409 e. The van der Waals surface area contributed by atoms with Crippen LogP contribution in [0.2, 0.25) is 19.6 Å². The predicted octanol–water partition coefficient (Wildman–Crippen LogP) is 4.52. The predicted molar refractivity (Wildman–Crippen MR) is 70.4 cm³/mol. The SMILES string of the molecule is COc1ccc(/C=C(\C(F)(F)F)[Si](C)(C)C)cc1. The van der Waals surface area contributed by atoms with Gasteiger partial charge in [-0.1, -0.05) is 37.8 Å². The molecule has 0 aliphatic heterocycles. The fourth-order valence-corrected chi connectivity index (χ4v) is 3.04. The summed E-state index contributed by atoms with van der Waals surface area (Å²) < 4.78 is 43.9. The van der Waals surface area contributed by atoms with Gasteiger partial charge in [0.05, 0.1) is 15.2 Å². The Morgan fingerprint density at radius 2 is 1.61 bits per heavy atom. The van der Waals surface area contributed by atoms with Gasteiger partial charge in [0, 0.05) is 5.20 Å². The van der Waals surface area contributed by atoms with Crippen LogP contribution in [0.4, 0.5) is 13.2 Å². The van der Waals surface area contributed by atoms with Crippen molar-refractivity contribution in [1.29, 1.82) is 0 Å². The van der Waals surface area contributed by atoms with Crippen molar-refractivity contribution in [2.24, 2.45) is 0 Å². The Labute approximate surface area is 106 Å². The highest BCUT2D eigenvalue weighted by Gasteiger charge is 2.41. The van der Waals surface area contributed by atoms with Crippen molar-refractivity contribution in [3.05, 3.63) is 35.0 Å². The van der Waals surface area contributed by atoms with Crippen LogP contribution in [0.15, 0.2) is 29.5 Å². The van der Waals surface area contributed by atoms with E-state index in [2.05, 4.69) is 0 Å². The molecule has 1 aromatic rings. The van der Waals surface area contributed by atoms with Gasteiger partial charge >= 0.3 is 6.18 Å². The lowest BCUT2D eigenvalue weighted by Gasteiger charge is -2.23. The smallest absolute Gasteiger partial charge is 0.409 e. The minimum atomic E-state index is -4.26. The molecule has 0 heterocycles. The Bertz CT molecular complexity index is 411. The normalized spacial score (nSPS) is 13.6. The van der Waals surface area contributed by atoms with E-state index in [9.17, 15) is 13.2 Å². The Kier molecular flexibility index (Phi) is 4.27. The van der Waals surface area contributed by atoms with E-state index in [0.29, 0.717) is 11.3 Å². The summed E-state index contributed by atoms with van der Waals surface area (Å²) in [5.41, 5.74) is 0.547. The number of methoxy groups -OCH3 is 1. The maximum atomic E-state index is 13.0. The highest BCUT2D eigenvalue weighted by molar-refractivity contribution is 6.84. The van der Waals surface area contributed by atoms with Crippen molar-refractivity contribution >= 4 is 14.1 Å². The van der Waals surface area contributed by atoms with Crippen molar-refractivity contribution in [2.75, 3.05) is 7.11 Å². The van der Waals surface area contributed by atoms with Gasteiger partial charge in [-0.05, 0) is 17.7 Å². The molecule has 5 heteroatoms. The molecule has 0 amide bonds. The summed E-state index contributed by atoms with van der Waals surface area (Å²) in [6, 6.07) is 6.57. The standard InChI is InChI=1S/C13H17F3OSi/c1-17-11-7-5-10(6-8-11)9-12(13(14,15)16)18(2,3)4/h5-9H,1-4H3/b12-9+. The summed E-state index contributed by atoms with van der Waals surface area (Å²) >= 11 is 0. The molecule has 1 rings (SSSR count). The molecule has 0 atom stereocenters. The maximum absolute atomic E-state index is 13.0. The average Bonchev–Trinajstić information content (AvgIpc) is 2.23. The molecular weight excluding hydrogens is 257 g/mol. The molecule has 0 bridgehead atoms. The molecule has 1 nitrogen and oxygen atoms in total. The molecule has 0 aliphatic rings. The van der Waals surface area contributed by atoms with Crippen LogP contribution >= 0.6 is 0 Å². The minimum Gasteiger partial charge on any atom is -0.497 e. The van der Waals surface area contributed by atoms with Crippen molar-refractivity contribution in [3.8, 4) is 5.75 Å². The van der Waals surface area contributed by atoms with Gasteiger partial charge in [0.1, 0.15) is 5.75 Å². The lowest BCUT2D eigenvalue weighted by molar-refractivity contribution is -0.0848. The van der Waals surface area contributed by atoms with Crippen molar-refractivity contribution < 1.29 is 17.9 Å². The zero-order chi connectivity index (χ0) is 14.0. The molecule has 0 spiro atoms. The van der Waals surface area contributed by atoms with Gasteiger partial charge in [0.15, 0.2) is 0 Å². The highest BCUT2D eigenvalue weighted by Crippen LogP contribution is 2.34. The van der Waals surface area contributed by atoms with Crippen molar-refractivity contribution in [1.82, 2.24) is 0 Å². The van der Waals surface area contributed by atoms with Gasteiger partial charge in [-0.15, -0.1) is 0 Å². The molecule has 0 unspecified atom stereocenters. The molecule has 0 aromatic heterocycles. The average molecular weight is 274 g/mol. The van der Waals surface area contributed by atoms with Crippen molar-refractivity contribution in [3.63, 3.8) is 0 Å². The lowest BCUT2D eigenvalue weighted by Crippen LogP contribution is -2.33. The molecule has 1 aromatic carbocycles. The number of halogens is 3. The van der Waals surface area contributed by atoms with Gasteiger partial charge in [-0.2, -0.15) is 13.2 Å². The van der Waals surface area contributed by atoms with Gasteiger partial charge in [0.25, 0.3) is 0 Å². The quantitative estimate of drug-likeness (QED) is 0.736. The number of hydrogen-bond acceptors (Lipinski definition) is 1. The molecule has 0 radical (unpaired) electrons. The van der Waals surface area contributed by atoms with E-state index >= 15 is 0 Å². The monoisotopic (exact) mass is 274 g/mol. The first-order chi connectivity index (χ1) is 8.14. The molecule has 0 saturated heterocycles. The van der Waals surface area contributed by atoms with Crippen LogP contribution in [0, 0.1) is 0 Å². The molecule has 0 N–H and O–H groups in total.